The van der Waals surface area contributed by atoms with Crippen LogP contribution in [0.4, 0.5) is 0 Å². The van der Waals surface area contributed by atoms with Gasteiger partial charge in [0.15, 0.2) is 0 Å². The SMILES string of the molecule is COc1cc(C(C)(C)C)nc(CC2CCNCC2)n1. The number of piperidine rings is 1. The Labute approximate surface area is 116 Å². The predicted octanol–water partition coefficient (Wildman–Crippen LogP) is 2.32. The van der Waals surface area contributed by atoms with Gasteiger partial charge in [0.1, 0.15) is 5.82 Å². The fourth-order valence-electron chi connectivity index (χ4n) is 2.40. The van der Waals surface area contributed by atoms with Gasteiger partial charge in [0.2, 0.25) is 5.88 Å². The minimum Gasteiger partial charge on any atom is -0.481 e. The van der Waals surface area contributed by atoms with Gasteiger partial charge in [-0.3, -0.25) is 0 Å². The van der Waals surface area contributed by atoms with Crippen LogP contribution in [0.3, 0.4) is 0 Å². The summed E-state index contributed by atoms with van der Waals surface area (Å²) in [5.41, 5.74) is 1.09. The van der Waals surface area contributed by atoms with E-state index in [9.17, 15) is 0 Å². The van der Waals surface area contributed by atoms with Crippen LogP contribution in [0.25, 0.3) is 0 Å². The lowest BCUT2D eigenvalue weighted by Gasteiger charge is -2.23. The first-order chi connectivity index (χ1) is 8.99. The van der Waals surface area contributed by atoms with E-state index in [0.717, 1.165) is 31.0 Å². The van der Waals surface area contributed by atoms with Crippen LogP contribution < -0.4 is 10.1 Å². The van der Waals surface area contributed by atoms with Gasteiger partial charge in [-0.1, -0.05) is 20.8 Å². The summed E-state index contributed by atoms with van der Waals surface area (Å²) in [6.07, 6.45) is 3.39. The maximum atomic E-state index is 5.32. The molecule has 2 heterocycles. The third kappa shape index (κ3) is 3.90. The fourth-order valence-corrected chi connectivity index (χ4v) is 2.40. The third-order valence-corrected chi connectivity index (χ3v) is 3.66. The zero-order valence-electron chi connectivity index (χ0n) is 12.5. The van der Waals surface area contributed by atoms with Crippen molar-refractivity contribution in [3.63, 3.8) is 0 Å². The molecule has 1 aliphatic heterocycles. The first-order valence-electron chi connectivity index (χ1n) is 7.12. The van der Waals surface area contributed by atoms with Crippen molar-refractivity contribution in [1.82, 2.24) is 15.3 Å². The van der Waals surface area contributed by atoms with Crippen molar-refractivity contribution < 1.29 is 4.74 Å². The van der Waals surface area contributed by atoms with Gasteiger partial charge in [0, 0.05) is 17.9 Å². The summed E-state index contributed by atoms with van der Waals surface area (Å²) in [5.74, 6) is 2.31. The van der Waals surface area contributed by atoms with Gasteiger partial charge in [-0.15, -0.1) is 0 Å². The van der Waals surface area contributed by atoms with Gasteiger partial charge >= 0.3 is 0 Å². The molecule has 0 saturated carbocycles. The van der Waals surface area contributed by atoms with Crippen LogP contribution in [-0.4, -0.2) is 30.2 Å². The van der Waals surface area contributed by atoms with Crippen molar-refractivity contribution in [2.24, 2.45) is 5.92 Å². The van der Waals surface area contributed by atoms with Crippen LogP contribution in [0, 0.1) is 5.92 Å². The number of aromatic nitrogens is 2. The van der Waals surface area contributed by atoms with Crippen molar-refractivity contribution in [2.45, 2.75) is 45.4 Å². The van der Waals surface area contributed by atoms with Gasteiger partial charge in [0.05, 0.1) is 12.8 Å². The first-order valence-corrected chi connectivity index (χ1v) is 7.12. The molecule has 2 rings (SSSR count). The highest BCUT2D eigenvalue weighted by Crippen LogP contribution is 2.24. The van der Waals surface area contributed by atoms with Crippen molar-refractivity contribution in [1.29, 1.82) is 0 Å². The highest BCUT2D eigenvalue weighted by atomic mass is 16.5. The smallest absolute Gasteiger partial charge is 0.216 e. The van der Waals surface area contributed by atoms with Crippen LogP contribution >= 0.6 is 0 Å². The molecule has 1 fully saturated rings. The van der Waals surface area contributed by atoms with Crippen molar-refractivity contribution in [3.8, 4) is 5.88 Å². The standard InChI is InChI=1S/C15H25N3O/c1-15(2,3)12-10-14(19-4)18-13(17-12)9-11-5-7-16-8-6-11/h10-11,16H,5-9H2,1-4H3. The second kappa shape index (κ2) is 5.87. The van der Waals surface area contributed by atoms with E-state index in [2.05, 4.69) is 31.1 Å². The molecule has 1 saturated heterocycles. The number of rotatable bonds is 3. The Bertz CT molecular complexity index is 420. The summed E-state index contributed by atoms with van der Waals surface area (Å²) < 4.78 is 5.32. The number of nitrogens with zero attached hydrogens (tertiary/aromatic N) is 2. The normalized spacial score (nSPS) is 17.5. The Balaban J connectivity index is 2.19. The first kappa shape index (κ1) is 14.3. The Morgan fingerprint density at radius 1 is 1.26 bits per heavy atom. The Morgan fingerprint density at radius 3 is 2.53 bits per heavy atom. The molecule has 1 aromatic rings. The summed E-state index contributed by atoms with van der Waals surface area (Å²) in [7, 11) is 1.67. The minimum absolute atomic E-state index is 0.0269. The molecule has 1 aliphatic rings. The molecular weight excluding hydrogens is 238 g/mol. The number of nitrogens with one attached hydrogen (secondary N) is 1. The maximum Gasteiger partial charge on any atom is 0.216 e. The average Bonchev–Trinajstić information content (AvgIpc) is 2.38. The maximum absolute atomic E-state index is 5.32. The summed E-state index contributed by atoms with van der Waals surface area (Å²) in [4.78, 5) is 9.24. The Hall–Kier alpha value is -1.16. The van der Waals surface area contributed by atoms with Gasteiger partial charge in [-0.05, 0) is 31.8 Å². The molecule has 0 bridgehead atoms. The van der Waals surface area contributed by atoms with E-state index in [1.54, 1.807) is 7.11 Å². The minimum atomic E-state index is 0.0269. The summed E-state index contributed by atoms with van der Waals surface area (Å²) >= 11 is 0. The van der Waals surface area contributed by atoms with E-state index in [4.69, 9.17) is 9.72 Å². The summed E-state index contributed by atoms with van der Waals surface area (Å²) in [5, 5.41) is 3.39. The number of ether oxygens (including phenoxy) is 1. The molecule has 0 spiro atoms. The Kier molecular flexibility index (Phi) is 4.40. The van der Waals surface area contributed by atoms with E-state index < -0.39 is 0 Å². The second-order valence-electron chi connectivity index (χ2n) is 6.36. The molecule has 4 heteroatoms. The lowest BCUT2D eigenvalue weighted by molar-refractivity contribution is 0.358. The topological polar surface area (TPSA) is 47.0 Å². The van der Waals surface area contributed by atoms with Crippen molar-refractivity contribution in [2.75, 3.05) is 20.2 Å². The quantitative estimate of drug-likeness (QED) is 0.909. The van der Waals surface area contributed by atoms with E-state index >= 15 is 0 Å². The average molecular weight is 263 g/mol. The highest BCUT2D eigenvalue weighted by molar-refractivity contribution is 5.22. The van der Waals surface area contributed by atoms with Crippen LogP contribution in [-0.2, 0) is 11.8 Å². The molecular formula is C15H25N3O. The van der Waals surface area contributed by atoms with Crippen molar-refractivity contribution >= 4 is 0 Å². The molecule has 19 heavy (non-hydrogen) atoms. The van der Waals surface area contributed by atoms with E-state index in [0.29, 0.717) is 11.8 Å². The lowest BCUT2D eigenvalue weighted by Crippen LogP contribution is -2.29. The molecule has 4 nitrogen and oxygen atoms in total. The third-order valence-electron chi connectivity index (χ3n) is 3.66. The Morgan fingerprint density at radius 2 is 1.95 bits per heavy atom. The van der Waals surface area contributed by atoms with Crippen LogP contribution in [0.1, 0.15) is 45.1 Å². The van der Waals surface area contributed by atoms with Gasteiger partial charge in [0.25, 0.3) is 0 Å². The predicted molar refractivity (Wildman–Crippen MR) is 76.6 cm³/mol. The molecule has 0 aromatic carbocycles. The summed E-state index contributed by atoms with van der Waals surface area (Å²) in [6, 6.07) is 1.95. The monoisotopic (exact) mass is 263 g/mol. The number of hydrogen-bond donors (Lipinski definition) is 1. The zero-order valence-corrected chi connectivity index (χ0v) is 12.5. The molecule has 0 unspecified atom stereocenters. The van der Waals surface area contributed by atoms with E-state index in [-0.39, 0.29) is 5.41 Å². The molecule has 1 N–H and O–H groups in total. The largest absolute Gasteiger partial charge is 0.481 e. The fraction of sp³-hybridized carbons (Fsp3) is 0.733. The van der Waals surface area contributed by atoms with Crippen LogP contribution in [0.15, 0.2) is 6.07 Å². The van der Waals surface area contributed by atoms with Crippen LogP contribution in [0.5, 0.6) is 5.88 Å². The molecule has 1 aromatic heterocycles. The van der Waals surface area contributed by atoms with E-state index in [1.165, 1.54) is 12.8 Å². The molecule has 106 valence electrons. The van der Waals surface area contributed by atoms with Gasteiger partial charge < -0.3 is 10.1 Å². The van der Waals surface area contributed by atoms with Gasteiger partial charge in [-0.25, -0.2) is 4.98 Å². The number of methoxy groups -OCH3 is 1. The molecule has 0 amide bonds. The van der Waals surface area contributed by atoms with E-state index in [1.807, 2.05) is 6.07 Å². The molecule has 0 atom stereocenters. The molecule has 0 aliphatic carbocycles. The number of hydrogen-bond acceptors (Lipinski definition) is 4. The zero-order chi connectivity index (χ0) is 13.9. The lowest BCUT2D eigenvalue weighted by atomic mass is 9.91. The van der Waals surface area contributed by atoms with Crippen LogP contribution in [0.2, 0.25) is 0 Å². The van der Waals surface area contributed by atoms with Gasteiger partial charge in [-0.2, -0.15) is 4.98 Å². The highest BCUT2D eigenvalue weighted by Gasteiger charge is 2.20. The molecule has 0 radical (unpaired) electrons. The van der Waals surface area contributed by atoms with Crippen molar-refractivity contribution in [3.05, 3.63) is 17.6 Å². The second-order valence-corrected chi connectivity index (χ2v) is 6.36. The summed E-state index contributed by atoms with van der Waals surface area (Å²) in [6.45, 7) is 8.73.